The molecule has 25 heavy (non-hydrogen) atoms. The Kier molecular flexibility index (Phi) is 6.55. The summed E-state index contributed by atoms with van der Waals surface area (Å²) in [6.45, 7) is 8.93. The Balaban J connectivity index is 0.00000113. The first-order valence-electron chi connectivity index (χ1n) is 8.60. The molecule has 0 bridgehead atoms. The molecular weight excluding hydrogens is 355 g/mol. The van der Waals surface area contributed by atoms with Gasteiger partial charge in [-0.15, -0.1) is 24.8 Å². The highest BCUT2D eigenvalue weighted by molar-refractivity contribution is 5.85. The van der Waals surface area contributed by atoms with Crippen LogP contribution in [0.4, 0.5) is 0 Å². The van der Waals surface area contributed by atoms with E-state index in [9.17, 15) is 0 Å². The number of nitrogens with one attached hydrogen (secondary N) is 1. The summed E-state index contributed by atoms with van der Waals surface area (Å²) in [7, 11) is 2.29. The number of rotatable bonds is 3. The van der Waals surface area contributed by atoms with Crippen molar-refractivity contribution < 1.29 is 0 Å². The van der Waals surface area contributed by atoms with Crippen molar-refractivity contribution in [2.75, 3.05) is 26.7 Å². The molecule has 0 saturated carbocycles. The van der Waals surface area contributed by atoms with Gasteiger partial charge in [-0.1, -0.05) is 24.3 Å². The van der Waals surface area contributed by atoms with E-state index in [0.717, 1.165) is 18.4 Å². The van der Waals surface area contributed by atoms with Crippen LogP contribution in [-0.4, -0.2) is 46.4 Å². The van der Waals surface area contributed by atoms with Crippen molar-refractivity contribution in [1.82, 2.24) is 19.8 Å². The Hall–Kier alpha value is -1.07. The first-order valence-corrected chi connectivity index (χ1v) is 8.60. The number of imidazole rings is 1. The number of halogens is 2. The molecular formula is C19H28Cl2N4. The van der Waals surface area contributed by atoms with Crippen LogP contribution in [0.5, 0.6) is 0 Å². The zero-order valence-electron chi connectivity index (χ0n) is 15.1. The van der Waals surface area contributed by atoms with Gasteiger partial charge in [0.25, 0.3) is 0 Å². The van der Waals surface area contributed by atoms with E-state index < -0.39 is 0 Å². The summed E-state index contributed by atoms with van der Waals surface area (Å²) in [5.74, 6) is 1.52. The largest absolute Gasteiger partial charge is 0.348 e. The second kappa shape index (κ2) is 8.09. The highest BCUT2D eigenvalue weighted by Crippen LogP contribution is 2.45. The van der Waals surface area contributed by atoms with Gasteiger partial charge >= 0.3 is 0 Å². The maximum atomic E-state index is 4.47. The molecule has 0 amide bonds. The Labute approximate surface area is 162 Å². The standard InChI is InChI=1S/C19H26N4.2ClH/c1-13-6-4-5-7-16(13)19-17-10-23(9-15(17)8-22(19)3)11-18-14(2)20-12-21-18;;/h4-7,12,15,17,19H,8-11H2,1-3H3,(H,20,21);2*1H/t15-,17+,19-;;/m0../s1. The minimum Gasteiger partial charge on any atom is -0.348 e. The predicted molar refractivity (Wildman–Crippen MR) is 107 cm³/mol. The topological polar surface area (TPSA) is 35.2 Å². The van der Waals surface area contributed by atoms with Gasteiger partial charge in [0.05, 0.1) is 12.0 Å². The molecule has 1 N–H and O–H groups in total. The second-order valence-corrected chi connectivity index (χ2v) is 7.33. The van der Waals surface area contributed by atoms with E-state index in [1.165, 1.54) is 42.1 Å². The lowest BCUT2D eigenvalue weighted by Crippen LogP contribution is -2.29. The van der Waals surface area contributed by atoms with Gasteiger partial charge in [-0.2, -0.15) is 0 Å². The zero-order chi connectivity index (χ0) is 16.0. The monoisotopic (exact) mass is 382 g/mol. The van der Waals surface area contributed by atoms with E-state index in [-0.39, 0.29) is 24.8 Å². The van der Waals surface area contributed by atoms with Gasteiger partial charge in [0.15, 0.2) is 0 Å². The van der Waals surface area contributed by atoms with Crippen LogP contribution in [0.2, 0.25) is 0 Å². The Morgan fingerprint density at radius 1 is 1.12 bits per heavy atom. The fourth-order valence-electron chi connectivity index (χ4n) is 4.62. The number of nitrogens with zero attached hydrogens (tertiary/aromatic N) is 3. The highest BCUT2D eigenvalue weighted by atomic mass is 35.5. The molecule has 2 aliphatic heterocycles. The van der Waals surface area contributed by atoms with Crippen molar-refractivity contribution in [3.8, 4) is 0 Å². The molecule has 2 aromatic rings. The summed E-state index contributed by atoms with van der Waals surface area (Å²) in [6.07, 6.45) is 1.81. The van der Waals surface area contributed by atoms with Crippen LogP contribution in [0.3, 0.4) is 0 Å². The molecule has 1 aromatic carbocycles. The van der Waals surface area contributed by atoms with Crippen LogP contribution < -0.4 is 0 Å². The molecule has 2 fully saturated rings. The number of hydrogen-bond donors (Lipinski definition) is 1. The third kappa shape index (κ3) is 3.72. The second-order valence-electron chi connectivity index (χ2n) is 7.33. The molecule has 0 radical (unpaired) electrons. The lowest BCUT2D eigenvalue weighted by atomic mass is 9.88. The first kappa shape index (κ1) is 20.2. The molecule has 2 aliphatic rings. The predicted octanol–water partition coefficient (Wildman–Crippen LogP) is 3.60. The van der Waals surface area contributed by atoms with Crippen molar-refractivity contribution in [3.05, 3.63) is 53.1 Å². The summed E-state index contributed by atoms with van der Waals surface area (Å²) in [5.41, 5.74) is 5.34. The maximum absolute atomic E-state index is 4.47. The fraction of sp³-hybridized carbons (Fsp3) is 0.526. The average Bonchev–Trinajstić information content (AvgIpc) is 3.16. The molecule has 4 rings (SSSR count). The minimum absolute atomic E-state index is 0. The van der Waals surface area contributed by atoms with Crippen molar-refractivity contribution in [3.63, 3.8) is 0 Å². The van der Waals surface area contributed by atoms with Crippen LogP contribution in [0.1, 0.15) is 28.6 Å². The number of aromatic nitrogens is 2. The van der Waals surface area contributed by atoms with Crippen LogP contribution in [-0.2, 0) is 6.54 Å². The quantitative estimate of drug-likeness (QED) is 0.880. The molecule has 3 heterocycles. The van der Waals surface area contributed by atoms with Gasteiger partial charge in [0, 0.05) is 37.9 Å². The number of hydrogen-bond acceptors (Lipinski definition) is 3. The van der Waals surface area contributed by atoms with Crippen LogP contribution >= 0.6 is 24.8 Å². The minimum atomic E-state index is 0. The molecule has 0 spiro atoms. The normalized spacial score (nSPS) is 26.1. The third-order valence-electron chi connectivity index (χ3n) is 5.78. The number of H-pyrrole nitrogens is 1. The number of likely N-dealkylation sites (tertiary alicyclic amines) is 2. The molecule has 3 atom stereocenters. The van der Waals surface area contributed by atoms with E-state index >= 15 is 0 Å². The lowest BCUT2D eigenvalue weighted by Gasteiger charge is -2.28. The molecule has 0 unspecified atom stereocenters. The maximum Gasteiger partial charge on any atom is 0.0925 e. The third-order valence-corrected chi connectivity index (χ3v) is 5.78. The van der Waals surface area contributed by atoms with Gasteiger partial charge in [-0.05, 0) is 43.9 Å². The molecule has 2 saturated heterocycles. The molecule has 1 aromatic heterocycles. The molecule has 4 nitrogen and oxygen atoms in total. The summed E-state index contributed by atoms with van der Waals surface area (Å²) in [5, 5.41) is 0. The van der Waals surface area contributed by atoms with Crippen LogP contribution in [0.25, 0.3) is 0 Å². The summed E-state index contributed by atoms with van der Waals surface area (Å²) in [6, 6.07) is 9.46. The summed E-state index contributed by atoms with van der Waals surface area (Å²) in [4.78, 5) is 12.8. The number of aryl methyl sites for hydroxylation is 2. The summed E-state index contributed by atoms with van der Waals surface area (Å²) < 4.78 is 0. The van der Waals surface area contributed by atoms with E-state index in [2.05, 4.69) is 64.9 Å². The number of fused-ring (bicyclic) bond motifs is 1. The highest BCUT2D eigenvalue weighted by Gasteiger charge is 2.46. The van der Waals surface area contributed by atoms with Crippen LogP contribution in [0, 0.1) is 25.7 Å². The zero-order valence-corrected chi connectivity index (χ0v) is 16.7. The Morgan fingerprint density at radius 2 is 1.88 bits per heavy atom. The molecule has 6 heteroatoms. The Bertz CT molecular complexity index is 702. The number of aromatic amines is 1. The number of benzene rings is 1. The SMILES string of the molecule is Cc1ccccc1[C@H]1[C@@H]2CN(Cc3nc[nH]c3C)C[C@@H]2CN1C.Cl.Cl. The molecule has 0 aliphatic carbocycles. The Morgan fingerprint density at radius 3 is 2.56 bits per heavy atom. The van der Waals surface area contributed by atoms with Gasteiger partial charge < -0.3 is 4.98 Å². The van der Waals surface area contributed by atoms with E-state index in [1.807, 2.05) is 6.33 Å². The van der Waals surface area contributed by atoms with Gasteiger partial charge in [-0.3, -0.25) is 9.80 Å². The smallest absolute Gasteiger partial charge is 0.0925 e. The average molecular weight is 383 g/mol. The lowest BCUT2D eigenvalue weighted by molar-refractivity contribution is 0.223. The van der Waals surface area contributed by atoms with E-state index in [1.54, 1.807) is 0 Å². The van der Waals surface area contributed by atoms with Crippen molar-refractivity contribution in [2.45, 2.75) is 26.4 Å². The first-order chi connectivity index (χ1) is 11.1. The van der Waals surface area contributed by atoms with Gasteiger partial charge in [-0.25, -0.2) is 4.98 Å². The van der Waals surface area contributed by atoms with E-state index in [0.29, 0.717) is 6.04 Å². The van der Waals surface area contributed by atoms with Crippen molar-refractivity contribution >= 4 is 24.8 Å². The van der Waals surface area contributed by atoms with Gasteiger partial charge in [0.1, 0.15) is 0 Å². The fourth-order valence-corrected chi connectivity index (χ4v) is 4.62. The van der Waals surface area contributed by atoms with Crippen molar-refractivity contribution in [2.24, 2.45) is 11.8 Å². The summed E-state index contributed by atoms with van der Waals surface area (Å²) >= 11 is 0. The van der Waals surface area contributed by atoms with E-state index in [4.69, 9.17) is 0 Å². The van der Waals surface area contributed by atoms with Gasteiger partial charge in [0.2, 0.25) is 0 Å². The molecule has 138 valence electrons. The van der Waals surface area contributed by atoms with Crippen molar-refractivity contribution in [1.29, 1.82) is 0 Å². The van der Waals surface area contributed by atoms with Crippen LogP contribution in [0.15, 0.2) is 30.6 Å².